The first-order valence-electron chi connectivity index (χ1n) is 4.70. The molecular formula is C11H20ClN2Nb-2. The molecule has 0 fully saturated rings. The molecule has 0 saturated heterocycles. The average molecular weight is 309 g/mol. The van der Waals surface area contributed by atoms with Crippen molar-refractivity contribution in [2.45, 2.75) is 32.7 Å². The van der Waals surface area contributed by atoms with Crippen molar-refractivity contribution < 1.29 is 18.5 Å². The molecule has 1 aliphatic carbocycles. The maximum Gasteiger partial charge on any atom is -0.109 e. The Labute approximate surface area is 107 Å². The molecule has 88 valence electrons. The van der Waals surface area contributed by atoms with Crippen molar-refractivity contribution in [1.82, 2.24) is 0 Å². The van der Waals surface area contributed by atoms with E-state index in [1.807, 2.05) is 12.2 Å². The molecule has 0 aromatic heterocycles. The van der Waals surface area contributed by atoms with Crippen molar-refractivity contribution in [3.63, 3.8) is 0 Å². The predicted octanol–water partition coefficient (Wildman–Crippen LogP) is 4.13. The second-order valence-electron chi connectivity index (χ2n) is 3.80. The number of hydrogen-bond acceptors (Lipinski definition) is 1. The standard InChI is InChI=1S/C5H5.C4H9N.C2H6N.ClH.Nb/c1-2-4-5-3-1;1-4(2,3)5;1-3-2;;/h1-3H,4H2;1-3H3;1-2H3;1H;/q-1;;-1;;+1/p-1. The summed E-state index contributed by atoms with van der Waals surface area (Å²) in [4.78, 5) is 0. The normalized spacial score (nSPS) is 13.2. The quantitative estimate of drug-likeness (QED) is 0.475. The number of allylic oxidation sites excluding steroid dienone is 4. The minimum absolute atomic E-state index is 0.110. The van der Waals surface area contributed by atoms with E-state index in [2.05, 4.69) is 41.6 Å². The molecule has 15 heavy (non-hydrogen) atoms. The van der Waals surface area contributed by atoms with Gasteiger partial charge in [0.15, 0.2) is 0 Å². The minimum Gasteiger partial charge on any atom is -0.668 e. The topological polar surface area (TPSA) is 26.5 Å². The Morgan fingerprint density at radius 2 is 1.93 bits per heavy atom. The van der Waals surface area contributed by atoms with Crippen LogP contribution in [-0.4, -0.2) is 19.6 Å². The van der Waals surface area contributed by atoms with E-state index in [-0.39, 0.29) is 5.54 Å². The van der Waals surface area contributed by atoms with Crippen LogP contribution in [0.1, 0.15) is 27.2 Å². The Bertz CT molecular complexity index is 195. The van der Waals surface area contributed by atoms with Gasteiger partial charge in [-0.3, -0.25) is 6.08 Å². The van der Waals surface area contributed by atoms with Crippen molar-refractivity contribution in [1.29, 1.82) is 0 Å². The summed E-state index contributed by atoms with van der Waals surface area (Å²) >= 11 is -0.673. The fourth-order valence-electron chi connectivity index (χ4n) is 0.454. The molecule has 0 aliphatic heterocycles. The van der Waals surface area contributed by atoms with Crippen LogP contribution in [0.2, 0.25) is 0 Å². The van der Waals surface area contributed by atoms with E-state index in [1.165, 1.54) is 0 Å². The second kappa shape index (κ2) is 12.3. The van der Waals surface area contributed by atoms with Crippen LogP contribution >= 0.6 is 9.19 Å². The Hall–Kier alpha value is 0.270. The Kier molecular flexibility index (Phi) is 14.5. The number of rotatable bonds is 0. The molecule has 0 radical (unpaired) electrons. The molecule has 0 amide bonds. The fraction of sp³-hybridized carbons (Fsp3) is 0.636. The van der Waals surface area contributed by atoms with Crippen molar-refractivity contribution in [2.24, 2.45) is 3.34 Å². The number of halogens is 1. The Morgan fingerprint density at radius 3 is 2.00 bits per heavy atom. The average Bonchev–Trinajstić information content (AvgIpc) is 2.59. The van der Waals surface area contributed by atoms with Crippen LogP contribution in [0, 0.1) is 6.08 Å². The first-order chi connectivity index (χ1) is 6.97. The molecule has 0 spiro atoms. The maximum absolute atomic E-state index is 5.47. The van der Waals surface area contributed by atoms with Gasteiger partial charge >= 0.3 is 57.3 Å². The van der Waals surface area contributed by atoms with Crippen molar-refractivity contribution in [3.8, 4) is 0 Å². The van der Waals surface area contributed by atoms with E-state index < -0.39 is 18.5 Å². The van der Waals surface area contributed by atoms with Crippen molar-refractivity contribution in [2.75, 3.05) is 14.1 Å². The van der Waals surface area contributed by atoms with Gasteiger partial charge in [0, 0.05) is 0 Å². The molecule has 0 bridgehead atoms. The predicted molar refractivity (Wildman–Crippen MR) is 64.8 cm³/mol. The van der Waals surface area contributed by atoms with Gasteiger partial charge in [0.2, 0.25) is 0 Å². The fourth-order valence-corrected chi connectivity index (χ4v) is 2.35. The van der Waals surface area contributed by atoms with Crippen LogP contribution in [0.3, 0.4) is 0 Å². The van der Waals surface area contributed by atoms with Gasteiger partial charge in [-0.15, -0.1) is 6.42 Å². The van der Waals surface area contributed by atoms with Crippen LogP contribution in [0.15, 0.2) is 21.6 Å². The summed E-state index contributed by atoms with van der Waals surface area (Å²) in [7, 11) is 8.97. The molecule has 0 N–H and O–H groups in total. The first-order valence-corrected chi connectivity index (χ1v) is 8.52. The van der Waals surface area contributed by atoms with Gasteiger partial charge < -0.3 is 5.32 Å². The zero-order valence-corrected chi connectivity index (χ0v) is 13.1. The Morgan fingerprint density at radius 1 is 1.40 bits per heavy atom. The summed E-state index contributed by atoms with van der Waals surface area (Å²) in [5, 5.41) is 3.50. The summed E-state index contributed by atoms with van der Waals surface area (Å²) in [5.74, 6) is 0. The SMILES string of the molecule is CC(C)(C)[N]=[Nb][Cl].C[N-]C.[C-]1=CC=CC1. The summed E-state index contributed by atoms with van der Waals surface area (Å²) in [6.45, 7) is 6.18. The third-order valence-corrected chi connectivity index (χ3v) is 3.03. The molecule has 0 aromatic rings. The molecule has 0 unspecified atom stereocenters. The van der Waals surface area contributed by atoms with E-state index in [4.69, 9.17) is 9.19 Å². The molecule has 1 rings (SSSR count). The van der Waals surface area contributed by atoms with E-state index in [0.717, 1.165) is 6.42 Å². The van der Waals surface area contributed by atoms with Crippen molar-refractivity contribution >= 4 is 9.19 Å². The van der Waals surface area contributed by atoms with Crippen LogP contribution in [0.5, 0.6) is 0 Å². The van der Waals surface area contributed by atoms with E-state index >= 15 is 0 Å². The number of hydrogen-bond donors (Lipinski definition) is 0. The van der Waals surface area contributed by atoms with Crippen LogP contribution in [-0.2, 0) is 18.5 Å². The van der Waals surface area contributed by atoms with E-state index in [0.29, 0.717) is 0 Å². The van der Waals surface area contributed by atoms with Gasteiger partial charge in [0.05, 0.1) is 0 Å². The molecule has 0 atom stereocenters. The summed E-state index contributed by atoms with van der Waals surface area (Å²) < 4.78 is 4.17. The smallest absolute Gasteiger partial charge is 0.109 e. The summed E-state index contributed by atoms with van der Waals surface area (Å²) in [6.07, 6.45) is 10.0. The van der Waals surface area contributed by atoms with Gasteiger partial charge in [-0.1, -0.05) is 0 Å². The van der Waals surface area contributed by atoms with Gasteiger partial charge in [0.25, 0.3) is 0 Å². The molecule has 0 saturated carbocycles. The number of nitrogens with zero attached hydrogens (tertiary/aromatic N) is 2. The zero-order valence-electron chi connectivity index (χ0n) is 10.2. The molecule has 1 aliphatic rings. The van der Waals surface area contributed by atoms with Crippen LogP contribution in [0.4, 0.5) is 0 Å². The molecular weight excluding hydrogens is 288 g/mol. The molecule has 2 nitrogen and oxygen atoms in total. The molecule has 4 heteroatoms. The van der Waals surface area contributed by atoms with Crippen LogP contribution in [0.25, 0.3) is 5.32 Å². The third-order valence-electron chi connectivity index (χ3n) is 0.924. The molecule has 0 aromatic carbocycles. The zero-order chi connectivity index (χ0) is 12.2. The monoisotopic (exact) mass is 308 g/mol. The van der Waals surface area contributed by atoms with Gasteiger partial charge in [-0.05, 0) is 0 Å². The largest absolute Gasteiger partial charge is 0.668 e. The summed E-state index contributed by atoms with van der Waals surface area (Å²) in [5.41, 5.74) is 0.110. The van der Waals surface area contributed by atoms with Crippen molar-refractivity contribution in [3.05, 3.63) is 29.6 Å². The minimum atomic E-state index is -0.673. The second-order valence-corrected chi connectivity index (χ2v) is 5.55. The third kappa shape index (κ3) is 25.0. The maximum atomic E-state index is 5.47. The van der Waals surface area contributed by atoms with Crippen LogP contribution < -0.4 is 0 Å². The van der Waals surface area contributed by atoms with E-state index in [9.17, 15) is 0 Å². The first kappa shape index (κ1) is 17.7. The van der Waals surface area contributed by atoms with Gasteiger partial charge in [-0.25, -0.2) is 12.2 Å². The van der Waals surface area contributed by atoms with E-state index in [1.54, 1.807) is 14.1 Å². The molecule has 0 heterocycles. The summed E-state index contributed by atoms with van der Waals surface area (Å²) in [6, 6.07) is 0. The van der Waals surface area contributed by atoms with Gasteiger partial charge in [0.1, 0.15) is 0 Å². The Balaban J connectivity index is 0. The van der Waals surface area contributed by atoms with Gasteiger partial charge in [-0.2, -0.15) is 20.2 Å².